The number of urea groups is 1. The van der Waals surface area contributed by atoms with Gasteiger partial charge in [-0.25, -0.2) is 9.78 Å². The number of anilines is 2. The van der Waals surface area contributed by atoms with Crippen LogP contribution in [0.25, 0.3) is 0 Å². The van der Waals surface area contributed by atoms with Crippen LogP contribution in [0.15, 0.2) is 42.6 Å². The van der Waals surface area contributed by atoms with E-state index in [2.05, 4.69) is 15.2 Å². The summed E-state index contributed by atoms with van der Waals surface area (Å²) in [6.45, 7) is 3.26. The molecule has 7 nitrogen and oxygen atoms in total. The molecule has 2 saturated heterocycles. The summed E-state index contributed by atoms with van der Waals surface area (Å²) in [5.74, 6) is 0.552. The van der Waals surface area contributed by atoms with Crippen LogP contribution in [0.5, 0.6) is 0 Å². The lowest BCUT2D eigenvalue weighted by Gasteiger charge is -2.34. The summed E-state index contributed by atoms with van der Waals surface area (Å²) >= 11 is 0. The molecule has 1 aromatic carbocycles. The first kappa shape index (κ1) is 21.9. The third-order valence-electron chi connectivity index (χ3n) is 5.74. The molecular weight excluding hydrogens is 423 g/mol. The Morgan fingerprint density at radius 3 is 2.03 bits per heavy atom. The number of amides is 3. The molecule has 1 aromatic heterocycles. The first-order chi connectivity index (χ1) is 15.3. The molecule has 3 amide bonds. The van der Waals surface area contributed by atoms with Crippen LogP contribution in [0.1, 0.15) is 28.8 Å². The van der Waals surface area contributed by atoms with Crippen molar-refractivity contribution in [2.45, 2.75) is 19.0 Å². The van der Waals surface area contributed by atoms with Crippen LogP contribution in [0.4, 0.5) is 29.5 Å². The predicted molar refractivity (Wildman–Crippen MR) is 114 cm³/mol. The standard InChI is InChI=1S/C22H24F3N5O2/c23-22(24,25)17-5-3-16(4-6-17)20(31)29-11-13-30(14-12-29)21(32)27-18-7-8-19(26-15-18)28-9-1-2-10-28/h3-8,15H,1-2,9-14H2,(H,27,32). The second-order valence-electron chi connectivity index (χ2n) is 7.88. The van der Waals surface area contributed by atoms with Gasteiger partial charge in [0, 0.05) is 44.8 Å². The minimum atomic E-state index is -4.44. The molecule has 10 heteroatoms. The van der Waals surface area contributed by atoms with E-state index < -0.39 is 11.7 Å². The molecule has 0 atom stereocenters. The van der Waals surface area contributed by atoms with E-state index >= 15 is 0 Å². The summed E-state index contributed by atoms with van der Waals surface area (Å²) in [6, 6.07) is 7.61. The van der Waals surface area contributed by atoms with E-state index in [0.29, 0.717) is 31.9 Å². The minimum Gasteiger partial charge on any atom is -0.357 e. The Morgan fingerprint density at radius 1 is 0.844 bits per heavy atom. The van der Waals surface area contributed by atoms with Gasteiger partial charge in [-0.15, -0.1) is 0 Å². The van der Waals surface area contributed by atoms with E-state index in [4.69, 9.17) is 0 Å². The minimum absolute atomic E-state index is 0.195. The molecule has 0 spiro atoms. The third kappa shape index (κ3) is 4.95. The highest BCUT2D eigenvalue weighted by Gasteiger charge is 2.31. The van der Waals surface area contributed by atoms with Gasteiger partial charge in [0.1, 0.15) is 5.82 Å². The van der Waals surface area contributed by atoms with Crippen molar-refractivity contribution in [3.8, 4) is 0 Å². The molecule has 32 heavy (non-hydrogen) atoms. The lowest BCUT2D eigenvalue weighted by atomic mass is 10.1. The van der Waals surface area contributed by atoms with Crippen molar-refractivity contribution < 1.29 is 22.8 Å². The number of alkyl halides is 3. The SMILES string of the molecule is O=C(Nc1ccc(N2CCCC2)nc1)N1CCN(C(=O)c2ccc(C(F)(F)F)cc2)CC1. The van der Waals surface area contributed by atoms with Gasteiger partial charge in [-0.3, -0.25) is 4.79 Å². The average molecular weight is 447 g/mol. The number of aromatic nitrogens is 1. The molecule has 170 valence electrons. The number of piperazine rings is 1. The summed E-state index contributed by atoms with van der Waals surface area (Å²) in [6.07, 6.45) is -0.485. The molecular formula is C22H24F3N5O2. The van der Waals surface area contributed by atoms with Gasteiger partial charge in [-0.2, -0.15) is 13.2 Å². The lowest BCUT2D eigenvalue weighted by Crippen LogP contribution is -2.51. The fraction of sp³-hybridized carbons (Fsp3) is 0.409. The van der Waals surface area contributed by atoms with Crippen LogP contribution < -0.4 is 10.2 Å². The van der Waals surface area contributed by atoms with Gasteiger partial charge in [0.25, 0.3) is 5.91 Å². The molecule has 0 aliphatic carbocycles. The van der Waals surface area contributed by atoms with Gasteiger partial charge in [-0.1, -0.05) is 0 Å². The maximum Gasteiger partial charge on any atom is 0.416 e. The fourth-order valence-electron chi connectivity index (χ4n) is 3.89. The number of nitrogens with zero attached hydrogens (tertiary/aromatic N) is 4. The van der Waals surface area contributed by atoms with Crippen molar-refractivity contribution >= 4 is 23.4 Å². The van der Waals surface area contributed by atoms with E-state index in [9.17, 15) is 22.8 Å². The number of halogens is 3. The molecule has 2 fully saturated rings. The Labute approximate surface area is 183 Å². The number of nitrogens with one attached hydrogen (secondary N) is 1. The molecule has 2 aliphatic heterocycles. The van der Waals surface area contributed by atoms with Gasteiger partial charge < -0.3 is 20.0 Å². The Balaban J connectivity index is 1.28. The summed E-state index contributed by atoms with van der Waals surface area (Å²) < 4.78 is 38.1. The topological polar surface area (TPSA) is 68.8 Å². The Hall–Kier alpha value is -3.30. The van der Waals surface area contributed by atoms with Crippen molar-refractivity contribution in [1.82, 2.24) is 14.8 Å². The molecule has 0 unspecified atom stereocenters. The zero-order valence-electron chi connectivity index (χ0n) is 17.4. The number of hydrogen-bond donors (Lipinski definition) is 1. The molecule has 4 rings (SSSR count). The number of hydrogen-bond acceptors (Lipinski definition) is 4. The normalized spacial score (nSPS) is 16.9. The second kappa shape index (κ2) is 9.05. The molecule has 0 saturated carbocycles. The van der Waals surface area contributed by atoms with Crippen LogP contribution in [0.2, 0.25) is 0 Å². The Bertz CT molecular complexity index is 949. The highest BCUT2D eigenvalue weighted by Crippen LogP contribution is 2.29. The van der Waals surface area contributed by atoms with Gasteiger partial charge in [0.05, 0.1) is 17.4 Å². The molecule has 1 N–H and O–H groups in total. The predicted octanol–water partition coefficient (Wildman–Crippen LogP) is 3.69. The summed E-state index contributed by atoms with van der Waals surface area (Å²) in [4.78, 5) is 34.9. The largest absolute Gasteiger partial charge is 0.416 e. The Kier molecular flexibility index (Phi) is 6.20. The lowest BCUT2D eigenvalue weighted by molar-refractivity contribution is -0.137. The fourth-order valence-corrected chi connectivity index (χ4v) is 3.89. The average Bonchev–Trinajstić information content (AvgIpc) is 3.34. The highest BCUT2D eigenvalue weighted by molar-refractivity contribution is 5.94. The Morgan fingerprint density at radius 2 is 1.47 bits per heavy atom. The molecule has 2 aromatic rings. The number of benzene rings is 1. The van der Waals surface area contributed by atoms with Crippen molar-refractivity contribution in [3.05, 3.63) is 53.7 Å². The van der Waals surface area contributed by atoms with Gasteiger partial charge in [0.2, 0.25) is 0 Å². The quantitative estimate of drug-likeness (QED) is 0.779. The monoisotopic (exact) mass is 447 g/mol. The van der Waals surface area contributed by atoms with Crippen LogP contribution >= 0.6 is 0 Å². The van der Waals surface area contributed by atoms with E-state index in [1.165, 1.54) is 12.1 Å². The van der Waals surface area contributed by atoms with Crippen molar-refractivity contribution in [3.63, 3.8) is 0 Å². The molecule has 0 bridgehead atoms. The highest BCUT2D eigenvalue weighted by atomic mass is 19.4. The first-order valence-corrected chi connectivity index (χ1v) is 10.5. The summed E-state index contributed by atoms with van der Waals surface area (Å²) in [5.41, 5.74) is -0.000215. The van der Waals surface area contributed by atoms with E-state index in [1.807, 2.05) is 12.1 Å². The number of carbonyl (C=O) groups excluding carboxylic acids is 2. The summed E-state index contributed by atoms with van der Waals surface area (Å²) in [7, 11) is 0. The number of rotatable bonds is 3. The van der Waals surface area contributed by atoms with Gasteiger partial charge in [0.15, 0.2) is 0 Å². The number of pyridine rings is 1. The van der Waals surface area contributed by atoms with Crippen molar-refractivity contribution in [1.29, 1.82) is 0 Å². The van der Waals surface area contributed by atoms with E-state index in [1.54, 1.807) is 16.0 Å². The third-order valence-corrected chi connectivity index (χ3v) is 5.74. The molecule has 3 heterocycles. The van der Waals surface area contributed by atoms with Crippen LogP contribution in [-0.2, 0) is 6.18 Å². The number of carbonyl (C=O) groups is 2. The van der Waals surface area contributed by atoms with E-state index in [-0.39, 0.29) is 17.5 Å². The smallest absolute Gasteiger partial charge is 0.357 e. The summed E-state index contributed by atoms with van der Waals surface area (Å²) in [5, 5.41) is 2.82. The van der Waals surface area contributed by atoms with Crippen molar-refractivity contribution in [2.75, 3.05) is 49.5 Å². The van der Waals surface area contributed by atoms with Crippen molar-refractivity contribution in [2.24, 2.45) is 0 Å². The van der Waals surface area contributed by atoms with Crippen LogP contribution in [0, 0.1) is 0 Å². The van der Waals surface area contributed by atoms with Gasteiger partial charge in [-0.05, 0) is 49.2 Å². The van der Waals surface area contributed by atoms with E-state index in [0.717, 1.165) is 43.9 Å². The maximum absolute atomic E-state index is 12.7. The second-order valence-corrected chi connectivity index (χ2v) is 7.88. The zero-order valence-corrected chi connectivity index (χ0v) is 17.4. The molecule has 0 radical (unpaired) electrons. The van der Waals surface area contributed by atoms with Gasteiger partial charge >= 0.3 is 12.2 Å². The first-order valence-electron chi connectivity index (χ1n) is 10.5. The molecule has 2 aliphatic rings. The van der Waals surface area contributed by atoms with Crippen LogP contribution in [-0.4, -0.2) is 66.0 Å². The maximum atomic E-state index is 12.7. The zero-order chi connectivity index (χ0) is 22.7. The van der Waals surface area contributed by atoms with Crippen LogP contribution in [0.3, 0.4) is 0 Å².